The monoisotopic (exact) mass is 496 g/mol. The highest BCUT2D eigenvalue weighted by atomic mass is 35.5. The molecule has 0 amide bonds. The predicted molar refractivity (Wildman–Crippen MR) is 126 cm³/mol. The normalized spacial score (nSPS) is 11.7. The van der Waals surface area contributed by atoms with Crippen LogP contribution in [0.25, 0.3) is 6.08 Å². The average Bonchev–Trinajstić information content (AvgIpc) is 2.81. The lowest BCUT2D eigenvalue weighted by molar-refractivity contribution is -0.135. The molecule has 2 aromatic carbocycles. The molecule has 0 saturated carbocycles. The van der Waals surface area contributed by atoms with E-state index >= 15 is 0 Å². The Morgan fingerprint density at radius 2 is 1.52 bits per heavy atom. The quantitative estimate of drug-likeness (QED) is 0.246. The Bertz CT molecular complexity index is 1030. The number of carbonyl (C=O) groups excluding carboxylic acids is 2. The maximum atomic E-state index is 12.7. The number of hydrogen-bond acceptors (Lipinski definition) is 8. The molecule has 2 aromatic rings. The van der Waals surface area contributed by atoms with Crippen LogP contribution in [0, 0.1) is 0 Å². The SMILES string of the molecule is COc1cc(OC)c(C=CS(=O)Cc2ccc(OC)c(OC(=O)CCC(=O)Cl)c2)c(OC)c1. The van der Waals surface area contributed by atoms with E-state index in [1.54, 1.807) is 36.4 Å². The summed E-state index contributed by atoms with van der Waals surface area (Å²) < 4.78 is 39.2. The van der Waals surface area contributed by atoms with Crippen LogP contribution >= 0.6 is 11.6 Å². The number of methoxy groups -OCH3 is 4. The van der Waals surface area contributed by atoms with Crippen molar-refractivity contribution >= 4 is 39.7 Å². The molecule has 0 aliphatic rings. The van der Waals surface area contributed by atoms with Crippen molar-refractivity contribution in [2.75, 3.05) is 28.4 Å². The van der Waals surface area contributed by atoms with Gasteiger partial charge in [0.15, 0.2) is 11.5 Å². The first kappa shape index (κ1) is 26.2. The van der Waals surface area contributed by atoms with Crippen LogP contribution < -0.4 is 23.7 Å². The lowest BCUT2D eigenvalue weighted by Gasteiger charge is -2.12. The second-order valence-corrected chi connectivity index (χ2v) is 8.33. The standard InChI is InChI=1S/C23H25ClO8S/c1-28-16-12-19(30-3)17(20(13-16)31-4)9-10-33(27)14-15-5-6-18(29-2)21(11-15)32-23(26)8-7-22(24)25/h5-6,9-13H,7-8,14H2,1-4H3. The van der Waals surface area contributed by atoms with E-state index in [0.717, 1.165) is 0 Å². The van der Waals surface area contributed by atoms with Crippen molar-refractivity contribution < 1.29 is 37.5 Å². The van der Waals surface area contributed by atoms with Crippen LogP contribution in [0.4, 0.5) is 0 Å². The molecule has 2 rings (SSSR count). The minimum Gasteiger partial charge on any atom is -0.496 e. The molecule has 0 aliphatic carbocycles. The lowest BCUT2D eigenvalue weighted by Crippen LogP contribution is -2.10. The molecule has 33 heavy (non-hydrogen) atoms. The number of ether oxygens (including phenoxy) is 5. The molecule has 0 radical (unpaired) electrons. The molecule has 1 unspecified atom stereocenters. The van der Waals surface area contributed by atoms with Crippen LogP contribution in [0.3, 0.4) is 0 Å². The Morgan fingerprint density at radius 1 is 0.879 bits per heavy atom. The van der Waals surface area contributed by atoms with E-state index in [9.17, 15) is 13.8 Å². The van der Waals surface area contributed by atoms with Gasteiger partial charge in [0.2, 0.25) is 5.24 Å². The minimum atomic E-state index is -1.40. The second-order valence-electron chi connectivity index (χ2n) is 6.59. The van der Waals surface area contributed by atoms with E-state index in [-0.39, 0.29) is 24.3 Å². The van der Waals surface area contributed by atoms with Gasteiger partial charge in [-0.2, -0.15) is 0 Å². The topological polar surface area (TPSA) is 97.4 Å². The van der Waals surface area contributed by atoms with Crippen molar-refractivity contribution in [2.45, 2.75) is 18.6 Å². The molecular formula is C23H25ClO8S. The third kappa shape index (κ3) is 7.80. The van der Waals surface area contributed by atoms with E-state index in [1.807, 2.05) is 0 Å². The minimum absolute atomic E-state index is 0.129. The molecule has 178 valence electrons. The Hall–Kier alpha value is -3.04. The van der Waals surface area contributed by atoms with Gasteiger partial charge in [-0.25, -0.2) is 0 Å². The van der Waals surface area contributed by atoms with Gasteiger partial charge in [-0.1, -0.05) is 6.07 Å². The van der Waals surface area contributed by atoms with Crippen molar-refractivity contribution in [3.05, 3.63) is 46.9 Å². The Balaban J connectivity index is 2.18. The first-order valence-corrected chi connectivity index (χ1v) is 11.5. The molecule has 0 bridgehead atoms. The summed E-state index contributed by atoms with van der Waals surface area (Å²) in [5, 5.41) is 0.898. The van der Waals surface area contributed by atoms with Crippen molar-refractivity contribution in [3.63, 3.8) is 0 Å². The van der Waals surface area contributed by atoms with Gasteiger partial charge in [0.25, 0.3) is 0 Å². The molecule has 0 fully saturated rings. The van der Waals surface area contributed by atoms with Gasteiger partial charge in [0.1, 0.15) is 17.2 Å². The van der Waals surface area contributed by atoms with Gasteiger partial charge in [-0.05, 0) is 35.4 Å². The maximum Gasteiger partial charge on any atom is 0.311 e. The average molecular weight is 497 g/mol. The van der Waals surface area contributed by atoms with E-state index in [1.165, 1.54) is 33.8 Å². The molecule has 0 saturated heterocycles. The highest BCUT2D eigenvalue weighted by Gasteiger charge is 2.14. The number of esters is 1. The largest absolute Gasteiger partial charge is 0.496 e. The van der Waals surface area contributed by atoms with Crippen molar-refractivity contribution in [2.24, 2.45) is 0 Å². The second kappa shape index (κ2) is 12.9. The molecule has 1 atom stereocenters. The Morgan fingerprint density at radius 3 is 2.06 bits per heavy atom. The van der Waals surface area contributed by atoms with Gasteiger partial charge in [-0.15, -0.1) is 0 Å². The lowest BCUT2D eigenvalue weighted by atomic mass is 10.1. The predicted octanol–water partition coefficient (Wildman–Crippen LogP) is 4.09. The molecule has 0 spiro atoms. The number of rotatable bonds is 12. The Labute approximate surface area is 199 Å². The van der Waals surface area contributed by atoms with Crippen molar-refractivity contribution in [3.8, 4) is 28.7 Å². The summed E-state index contributed by atoms with van der Waals surface area (Å²) in [4.78, 5) is 22.8. The summed E-state index contributed by atoms with van der Waals surface area (Å²) >= 11 is 5.26. The third-order valence-electron chi connectivity index (χ3n) is 4.43. The highest BCUT2D eigenvalue weighted by molar-refractivity contribution is 7.87. The van der Waals surface area contributed by atoms with Crippen LogP contribution in [-0.4, -0.2) is 43.9 Å². The zero-order chi connectivity index (χ0) is 24.4. The van der Waals surface area contributed by atoms with Crippen molar-refractivity contribution in [1.82, 2.24) is 0 Å². The fourth-order valence-electron chi connectivity index (χ4n) is 2.82. The van der Waals surface area contributed by atoms with Gasteiger partial charge < -0.3 is 23.7 Å². The van der Waals surface area contributed by atoms with Gasteiger partial charge in [0, 0.05) is 24.0 Å². The number of carbonyl (C=O) groups is 2. The number of hydrogen-bond donors (Lipinski definition) is 0. The fourth-order valence-corrected chi connectivity index (χ4v) is 3.80. The molecule has 0 N–H and O–H groups in total. The molecule has 10 heteroatoms. The zero-order valence-electron chi connectivity index (χ0n) is 18.7. The fraction of sp³-hybridized carbons (Fsp3) is 0.304. The van der Waals surface area contributed by atoms with E-state index in [0.29, 0.717) is 34.1 Å². The summed E-state index contributed by atoms with van der Waals surface area (Å²) in [6.45, 7) is 0. The van der Waals surface area contributed by atoms with Crippen LogP contribution in [0.2, 0.25) is 0 Å². The summed E-state index contributed by atoms with van der Waals surface area (Å²) in [5.74, 6) is 1.62. The zero-order valence-corrected chi connectivity index (χ0v) is 20.3. The first-order valence-electron chi connectivity index (χ1n) is 9.72. The van der Waals surface area contributed by atoms with E-state index in [4.69, 9.17) is 35.3 Å². The van der Waals surface area contributed by atoms with Crippen LogP contribution in [0.1, 0.15) is 24.0 Å². The number of benzene rings is 2. The molecule has 0 heterocycles. The van der Waals surface area contributed by atoms with Crippen molar-refractivity contribution in [1.29, 1.82) is 0 Å². The molecular weight excluding hydrogens is 472 g/mol. The van der Waals surface area contributed by atoms with Gasteiger partial charge >= 0.3 is 5.97 Å². The van der Waals surface area contributed by atoms with Gasteiger partial charge in [0.05, 0.1) is 57.0 Å². The first-order chi connectivity index (χ1) is 15.8. The number of halogens is 1. The van der Waals surface area contributed by atoms with Crippen LogP contribution in [0.15, 0.2) is 35.7 Å². The molecule has 0 aromatic heterocycles. The van der Waals surface area contributed by atoms with Gasteiger partial charge in [-0.3, -0.25) is 13.8 Å². The van der Waals surface area contributed by atoms with E-state index in [2.05, 4.69) is 0 Å². The highest BCUT2D eigenvalue weighted by Crippen LogP contribution is 2.35. The third-order valence-corrected chi connectivity index (χ3v) is 5.67. The Kier molecular flexibility index (Phi) is 10.2. The van der Waals surface area contributed by atoms with Crippen LogP contribution in [0.5, 0.6) is 28.7 Å². The summed E-state index contributed by atoms with van der Waals surface area (Å²) in [6.07, 6.45) is 1.37. The smallest absolute Gasteiger partial charge is 0.311 e. The summed E-state index contributed by atoms with van der Waals surface area (Å²) in [6, 6.07) is 8.30. The summed E-state index contributed by atoms with van der Waals surface area (Å²) in [5.41, 5.74) is 1.27. The molecule has 0 aliphatic heterocycles. The van der Waals surface area contributed by atoms with E-state index < -0.39 is 22.0 Å². The van der Waals surface area contributed by atoms with Crippen LogP contribution in [-0.2, 0) is 26.1 Å². The maximum absolute atomic E-state index is 12.7. The summed E-state index contributed by atoms with van der Waals surface area (Å²) in [7, 11) is 4.61. The molecule has 8 nitrogen and oxygen atoms in total.